The number of hydrogen-bond acceptors (Lipinski definition) is 11. The first kappa shape index (κ1) is 34.2. The number of nitrogens with one attached hydrogen (secondary N) is 1. The summed E-state index contributed by atoms with van der Waals surface area (Å²) >= 11 is 6.47. The number of carbonyl (C=O) groups excluding carboxylic acids is 2. The molecule has 0 aromatic heterocycles. The quantitative estimate of drug-likeness (QED) is 0.299. The van der Waals surface area contributed by atoms with Crippen molar-refractivity contribution in [3.63, 3.8) is 0 Å². The lowest BCUT2D eigenvalue weighted by Crippen LogP contribution is -2.66. The molecule has 4 aliphatic heterocycles. The fourth-order valence-electron chi connectivity index (χ4n) is 9.84. The van der Waals surface area contributed by atoms with E-state index >= 15 is 0 Å². The molecule has 0 radical (unpaired) electrons. The van der Waals surface area contributed by atoms with E-state index in [2.05, 4.69) is 23.2 Å². The zero-order chi connectivity index (χ0) is 34.1. The fourth-order valence-corrected chi connectivity index (χ4v) is 10.1. The van der Waals surface area contributed by atoms with E-state index in [1.807, 2.05) is 13.8 Å². The van der Waals surface area contributed by atoms with Crippen molar-refractivity contribution in [2.24, 2.45) is 23.7 Å². The Morgan fingerprint density at radius 2 is 1.88 bits per heavy atom. The van der Waals surface area contributed by atoms with E-state index in [-0.39, 0.29) is 30.1 Å². The van der Waals surface area contributed by atoms with Crippen molar-refractivity contribution in [1.29, 1.82) is 0 Å². The van der Waals surface area contributed by atoms with Crippen LogP contribution < -0.4 is 10.4 Å². The summed E-state index contributed by atoms with van der Waals surface area (Å²) in [6, 6.07) is 5.14. The standard InChI is InChI=1S/C36H50ClN3O8/c1-19-14-27-25(20(2)16-40-23-8-6-9-24(40)18-45-17-23)13-12-21(3)36(27,44)32(31(19)46-22(4)41)47-33(42)29-15-35(43)26-10-7-11-28(37)30(26)39(5)48-34(35)38-29/h7,10-11,14,20-21,23-25,27,29,31-32,34,38,43-44H,6,8-9,12-13,15-18H2,1-5H3/t20?,21-,23?,24?,25+,27-,29+,31-,32+,34-,35-,36-/m1/s1. The molecule has 0 spiro atoms. The van der Waals surface area contributed by atoms with E-state index in [0.29, 0.717) is 28.4 Å². The lowest BCUT2D eigenvalue weighted by atomic mass is 9.55. The highest BCUT2D eigenvalue weighted by atomic mass is 35.5. The lowest BCUT2D eigenvalue weighted by molar-refractivity contribution is -0.226. The molecule has 48 heavy (non-hydrogen) atoms. The number of benzene rings is 1. The minimum absolute atomic E-state index is 0.0313. The SMILES string of the molecule is CC(=O)O[C@@H]1C(C)=C[C@@H]2[C@H](C(C)CN3C4CCCC3COC4)CC[C@@H](C)[C@]2(O)[C@H]1OC(=O)[C@@H]1C[C@@]2(O)c3cccc(Cl)c3N(C)O[C@H]2N1. The van der Waals surface area contributed by atoms with E-state index in [4.69, 9.17) is 30.6 Å². The highest BCUT2D eigenvalue weighted by Gasteiger charge is 2.62. The van der Waals surface area contributed by atoms with Gasteiger partial charge < -0.3 is 24.4 Å². The number of hydroxylamine groups is 1. The zero-order valence-electron chi connectivity index (χ0n) is 28.6. The molecule has 2 aliphatic carbocycles. The Labute approximate surface area is 287 Å². The Bertz CT molecular complexity index is 1440. The molecule has 264 valence electrons. The number of aliphatic hydroxyl groups is 2. The first-order chi connectivity index (χ1) is 22.8. The van der Waals surface area contributed by atoms with Gasteiger partial charge in [0.2, 0.25) is 0 Å². The van der Waals surface area contributed by atoms with Gasteiger partial charge in [-0.05, 0) is 62.0 Å². The number of morpholine rings is 1. The van der Waals surface area contributed by atoms with Gasteiger partial charge in [-0.2, -0.15) is 0 Å². The van der Waals surface area contributed by atoms with E-state index in [9.17, 15) is 19.8 Å². The Balaban J connectivity index is 1.16. The van der Waals surface area contributed by atoms with Gasteiger partial charge >= 0.3 is 11.9 Å². The van der Waals surface area contributed by atoms with Crippen LogP contribution in [0.2, 0.25) is 5.02 Å². The summed E-state index contributed by atoms with van der Waals surface area (Å²) in [5, 5.41) is 29.8. The second-order valence-electron chi connectivity index (χ2n) is 15.3. The molecule has 4 heterocycles. The molecule has 1 aromatic carbocycles. The predicted molar refractivity (Wildman–Crippen MR) is 178 cm³/mol. The van der Waals surface area contributed by atoms with Crippen LogP contribution in [0.1, 0.15) is 71.8 Å². The van der Waals surface area contributed by atoms with Crippen molar-refractivity contribution in [1.82, 2.24) is 10.2 Å². The van der Waals surface area contributed by atoms with Crippen molar-refractivity contribution >= 4 is 29.2 Å². The van der Waals surface area contributed by atoms with Crippen LogP contribution in [0.3, 0.4) is 0 Å². The van der Waals surface area contributed by atoms with Crippen LogP contribution in [0.25, 0.3) is 0 Å². The van der Waals surface area contributed by atoms with E-state index in [1.165, 1.54) is 18.4 Å². The summed E-state index contributed by atoms with van der Waals surface area (Å²) < 4.78 is 18.1. The molecule has 0 amide bonds. The number of carbonyl (C=O) groups is 2. The molecule has 3 saturated heterocycles. The number of anilines is 1. The molecule has 7 rings (SSSR count). The van der Waals surface area contributed by atoms with Crippen LogP contribution in [0.4, 0.5) is 5.69 Å². The minimum atomic E-state index is -1.55. The summed E-state index contributed by atoms with van der Waals surface area (Å²) in [5.74, 6) is -1.33. The molecule has 12 heteroatoms. The van der Waals surface area contributed by atoms with Crippen molar-refractivity contribution in [3.8, 4) is 0 Å². The molecule has 12 atom stereocenters. The van der Waals surface area contributed by atoms with Gasteiger partial charge in [-0.3, -0.25) is 29.7 Å². The van der Waals surface area contributed by atoms with Crippen molar-refractivity contribution in [2.45, 2.75) is 114 Å². The Morgan fingerprint density at radius 1 is 1.15 bits per heavy atom. The number of nitrogens with zero attached hydrogens (tertiary/aromatic N) is 2. The van der Waals surface area contributed by atoms with E-state index < -0.39 is 47.6 Å². The molecular weight excluding hydrogens is 638 g/mol. The molecule has 3 unspecified atom stereocenters. The number of halogens is 1. The van der Waals surface area contributed by atoms with E-state index in [0.717, 1.165) is 51.0 Å². The van der Waals surface area contributed by atoms with Gasteiger partial charge in [0.15, 0.2) is 18.4 Å². The lowest BCUT2D eigenvalue weighted by Gasteiger charge is -2.56. The van der Waals surface area contributed by atoms with Gasteiger partial charge in [0, 0.05) is 50.5 Å². The molecular formula is C36H50ClN3O8. The number of para-hydroxylation sites is 1. The summed E-state index contributed by atoms with van der Waals surface area (Å²) in [5.41, 5.74) is -1.19. The van der Waals surface area contributed by atoms with Crippen LogP contribution >= 0.6 is 11.6 Å². The van der Waals surface area contributed by atoms with Crippen LogP contribution in [0, 0.1) is 23.7 Å². The minimum Gasteiger partial charge on any atom is -0.454 e. The van der Waals surface area contributed by atoms with E-state index in [1.54, 1.807) is 25.2 Å². The summed E-state index contributed by atoms with van der Waals surface area (Å²) in [7, 11) is 1.70. The molecule has 4 fully saturated rings. The van der Waals surface area contributed by atoms with Gasteiger partial charge in [-0.25, -0.2) is 0 Å². The molecule has 2 bridgehead atoms. The summed E-state index contributed by atoms with van der Waals surface area (Å²) in [6.45, 7) is 9.94. The second-order valence-corrected chi connectivity index (χ2v) is 15.7. The number of hydrogen-bond donors (Lipinski definition) is 3. The second kappa shape index (κ2) is 12.8. The summed E-state index contributed by atoms with van der Waals surface area (Å²) in [6.07, 6.45) is 4.22. The zero-order valence-corrected chi connectivity index (χ0v) is 29.3. The van der Waals surface area contributed by atoms with Gasteiger partial charge in [-0.1, -0.05) is 50.1 Å². The van der Waals surface area contributed by atoms with Crippen molar-refractivity contribution < 1.29 is 38.9 Å². The number of esters is 2. The summed E-state index contributed by atoms with van der Waals surface area (Å²) in [4.78, 5) is 35.1. The Morgan fingerprint density at radius 3 is 2.58 bits per heavy atom. The number of rotatable bonds is 6. The topological polar surface area (TPSA) is 130 Å². The van der Waals surface area contributed by atoms with Gasteiger partial charge in [0.1, 0.15) is 17.2 Å². The highest BCUT2D eigenvalue weighted by Crippen LogP contribution is 2.53. The first-order valence-corrected chi connectivity index (χ1v) is 18.0. The molecule has 1 aromatic rings. The van der Waals surface area contributed by atoms with Crippen molar-refractivity contribution in [3.05, 3.63) is 40.4 Å². The smallest absolute Gasteiger partial charge is 0.323 e. The maximum Gasteiger partial charge on any atom is 0.323 e. The molecule has 6 aliphatic rings. The van der Waals surface area contributed by atoms with Crippen LogP contribution in [0.15, 0.2) is 29.8 Å². The van der Waals surface area contributed by atoms with Gasteiger partial charge in [0.25, 0.3) is 0 Å². The van der Waals surface area contributed by atoms with Gasteiger partial charge in [-0.15, -0.1) is 0 Å². The highest BCUT2D eigenvalue weighted by molar-refractivity contribution is 6.33. The van der Waals surface area contributed by atoms with Crippen LogP contribution in [-0.4, -0.2) is 96.0 Å². The average Bonchev–Trinajstić information content (AvgIpc) is 3.37. The Kier molecular flexibility index (Phi) is 9.13. The van der Waals surface area contributed by atoms with Gasteiger partial charge in [0.05, 0.1) is 23.9 Å². The monoisotopic (exact) mass is 687 g/mol. The number of ether oxygens (including phenoxy) is 3. The van der Waals surface area contributed by atoms with Crippen LogP contribution in [0.5, 0.6) is 0 Å². The average molecular weight is 688 g/mol. The predicted octanol–water partition coefficient (Wildman–Crippen LogP) is 3.68. The largest absolute Gasteiger partial charge is 0.454 e. The fraction of sp³-hybridized carbons (Fsp3) is 0.722. The first-order valence-electron chi connectivity index (χ1n) is 17.6. The molecule has 11 nitrogen and oxygen atoms in total. The Hall–Kier alpha value is -2.25. The maximum atomic E-state index is 14.1. The van der Waals surface area contributed by atoms with Crippen molar-refractivity contribution in [2.75, 3.05) is 31.9 Å². The molecule has 3 N–H and O–H groups in total. The normalized spacial score (nSPS) is 41.4. The third-order valence-electron chi connectivity index (χ3n) is 12.4. The van der Waals surface area contributed by atoms with Crippen LogP contribution in [-0.2, 0) is 34.2 Å². The number of fused-ring (bicyclic) bond motifs is 6. The molecule has 1 saturated carbocycles. The third-order valence-corrected chi connectivity index (χ3v) is 12.7. The number of piperidine rings is 1. The third kappa shape index (κ3) is 5.58. The maximum absolute atomic E-state index is 14.1.